The Bertz CT molecular complexity index is 657. The predicted octanol–water partition coefficient (Wildman–Crippen LogP) is 3.22. The second-order valence-electron chi connectivity index (χ2n) is 4.69. The van der Waals surface area contributed by atoms with Crippen LogP contribution in [-0.2, 0) is 10.5 Å². The number of halogens is 1. The van der Waals surface area contributed by atoms with Gasteiger partial charge in [0, 0.05) is 5.75 Å². The molecule has 2 rings (SSSR count). The SMILES string of the molecule is COc1ccc(CSCC(=O)N/N=C/c2ccc(F)cc2)cc1. The minimum Gasteiger partial charge on any atom is -0.497 e. The molecule has 0 radical (unpaired) electrons. The van der Waals surface area contributed by atoms with Crippen molar-refractivity contribution in [2.45, 2.75) is 5.75 Å². The topological polar surface area (TPSA) is 50.7 Å². The van der Waals surface area contributed by atoms with Gasteiger partial charge in [-0.3, -0.25) is 4.79 Å². The second-order valence-corrected chi connectivity index (χ2v) is 5.67. The summed E-state index contributed by atoms with van der Waals surface area (Å²) >= 11 is 1.50. The van der Waals surface area contributed by atoms with Gasteiger partial charge in [-0.2, -0.15) is 5.10 Å². The molecule has 0 saturated heterocycles. The molecule has 0 spiro atoms. The van der Waals surface area contributed by atoms with Crippen molar-refractivity contribution in [3.8, 4) is 5.75 Å². The number of hydrazone groups is 1. The maximum Gasteiger partial charge on any atom is 0.250 e. The Morgan fingerprint density at radius 2 is 1.91 bits per heavy atom. The Labute approximate surface area is 138 Å². The van der Waals surface area contributed by atoms with Crippen LogP contribution in [0.5, 0.6) is 5.75 Å². The molecule has 0 atom stereocenters. The zero-order valence-electron chi connectivity index (χ0n) is 12.7. The first-order chi connectivity index (χ1) is 11.2. The van der Waals surface area contributed by atoms with E-state index >= 15 is 0 Å². The lowest BCUT2D eigenvalue weighted by Crippen LogP contribution is -2.19. The Hall–Kier alpha value is -2.34. The quantitative estimate of drug-likeness (QED) is 0.626. The number of benzene rings is 2. The normalized spacial score (nSPS) is 10.7. The van der Waals surface area contributed by atoms with Crippen molar-refractivity contribution in [1.82, 2.24) is 5.43 Å². The summed E-state index contributed by atoms with van der Waals surface area (Å²) in [5.74, 6) is 1.38. The molecule has 0 aliphatic rings. The van der Waals surface area contributed by atoms with E-state index in [2.05, 4.69) is 10.5 Å². The van der Waals surface area contributed by atoms with Crippen molar-refractivity contribution in [1.29, 1.82) is 0 Å². The van der Waals surface area contributed by atoms with Crippen LogP contribution in [0.2, 0.25) is 0 Å². The first kappa shape index (κ1) is 17.0. The molecule has 23 heavy (non-hydrogen) atoms. The number of amides is 1. The molecule has 0 aromatic heterocycles. The third-order valence-corrected chi connectivity index (χ3v) is 3.94. The summed E-state index contributed by atoms with van der Waals surface area (Å²) in [7, 11) is 1.63. The maximum atomic E-state index is 12.7. The molecule has 4 nitrogen and oxygen atoms in total. The highest BCUT2D eigenvalue weighted by Gasteiger charge is 2.01. The number of carbonyl (C=O) groups excluding carboxylic acids is 1. The van der Waals surface area contributed by atoms with Gasteiger partial charge in [0.1, 0.15) is 11.6 Å². The standard InChI is InChI=1S/C17H17FN2O2S/c1-22-16-8-4-14(5-9-16)11-23-12-17(21)20-19-10-13-2-6-15(18)7-3-13/h2-10H,11-12H2,1H3,(H,20,21)/b19-10+. The fourth-order valence-corrected chi connectivity index (χ4v) is 2.52. The average Bonchev–Trinajstić information content (AvgIpc) is 2.57. The molecule has 6 heteroatoms. The van der Waals surface area contributed by atoms with Crippen LogP contribution < -0.4 is 10.2 Å². The van der Waals surface area contributed by atoms with Crippen LogP contribution in [0.4, 0.5) is 4.39 Å². The van der Waals surface area contributed by atoms with Crippen molar-refractivity contribution in [3.63, 3.8) is 0 Å². The van der Waals surface area contributed by atoms with E-state index in [1.165, 1.54) is 30.1 Å². The van der Waals surface area contributed by atoms with Crippen molar-refractivity contribution >= 4 is 23.9 Å². The molecule has 2 aromatic rings. The second kappa shape index (κ2) is 8.95. The molecule has 2 aromatic carbocycles. The lowest BCUT2D eigenvalue weighted by atomic mass is 10.2. The number of thioether (sulfide) groups is 1. The lowest BCUT2D eigenvalue weighted by Gasteiger charge is -2.03. The van der Waals surface area contributed by atoms with Crippen LogP contribution in [0.1, 0.15) is 11.1 Å². The smallest absolute Gasteiger partial charge is 0.250 e. The van der Waals surface area contributed by atoms with Gasteiger partial charge >= 0.3 is 0 Å². The summed E-state index contributed by atoms with van der Waals surface area (Å²) in [6.07, 6.45) is 1.48. The molecular weight excluding hydrogens is 315 g/mol. The monoisotopic (exact) mass is 332 g/mol. The summed E-state index contributed by atoms with van der Waals surface area (Å²) in [5.41, 5.74) is 4.29. The van der Waals surface area contributed by atoms with Gasteiger partial charge in [0.15, 0.2) is 0 Å². The molecule has 0 aliphatic carbocycles. The highest BCUT2D eigenvalue weighted by Crippen LogP contribution is 2.16. The number of nitrogens with one attached hydrogen (secondary N) is 1. The maximum absolute atomic E-state index is 12.7. The van der Waals surface area contributed by atoms with E-state index in [1.807, 2.05) is 24.3 Å². The summed E-state index contributed by atoms with van der Waals surface area (Å²) < 4.78 is 17.8. The van der Waals surface area contributed by atoms with Crippen LogP contribution in [0, 0.1) is 5.82 Å². The minimum absolute atomic E-state index is 0.179. The van der Waals surface area contributed by atoms with Gasteiger partial charge in [-0.15, -0.1) is 11.8 Å². The molecule has 1 N–H and O–H groups in total. The number of rotatable bonds is 7. The van der Waals surface area contributed by atoms with E-state index in [1.54, 1.807) is 19.2 Å². The van der Waals surface area contributed by atoms with E-state index in [0.29, 0.717) is 5.75 Å². The first-order valence-corrected chi connectivity index (χ1v) is 8.11. The lowest BCUT2D eigenvalue weighted by molar-refractivity contribution is -0.118. The third kappa shape index (κ3) is 6.12. The Balaban J connectivity index is 1.69. The highest BCUT2D eigenvalue weighted by atomic mass is 32.2. The first-order valence-electron chi connectivity index (χ1n) is 6.95. The summed E-state index contributed by atoms with van der Waals surface area (Å²) in [6, 6.07) is 13.6. The fraction of sp³-hybridized carbons (Fsp3) is 0.176. The van der Waals surface area contributed by atoms with Crippen LogP contribution in [-0.4, -0.2) is 25.0 Å². The summed E-state index contributed by atoms with van der Waals surface area (Å²) in [6.45, 7) is 0. The van der Waals surface area contributed by atoms with E-state index in [9.17, 15) is 9.18 Å². The van der Waals surface area contributed by atoms with Crippen molar-refractivity contribution in [2.24, 2.45) is 5.10 Å². The zero-order valence-corrected chi connectivity index (χ0v) is 13.5. The average molecular weight is 332 g/mol. The van der Waals surface area contributed by atoms with Crippen LogP contribution in [0.3, 0.4) is 0 Å². The van der Waals surface area contributed by atoms with Crippen LogP contribution in [0.25, 0.3) is 0 Å². The summed E-state index contributed by atoms with van der Waals surface area (Å²) in [5, 5.41) is 3.84. The van der Waals surface area contributed by atoms with E-state index in [-0.39, 0.29) is 11.7 Å². The van der Waals surface area contributed by atoms with Gasteiger partial charge in [-0.1, -0.05) is 24.3 Å². The summed E-state index contributed by atoms with van der Waals surface area (Å²) in [4.78, 5) is 11.7. The molecule has 1 amide bonds. The van der Waals surface area contributed by atoms with Gasteiger partial charge in [0.2, 0.25) is 5.91 Å². The molecule has 0 saturated carbocycles. The molecule has 0 fully saturated rings. The van der Waals surface area contributed by atoms with Gasteiger partial charge < -0.3 is 4.74 Å². The number of ether oxygens (including phenoxy) is 1. The predicted molar refractivity (Wildman–Crippen MR) is 91.3 cm³/mol. The minimum atomic E-state index is -0.305. The Morgan fingerprint density at radius 3 is 2.57 bits per heavy atom. The van der Waals surface area contributed by atoms with Crippen molar-refractivity contribution in [3.05, 3.63) is 65.5 Å². The van der Waals surface area contributed by atoms with Gasteiger partial charge in [0.05, 0.1) is 19.1 Å². The Kier molecular flexibility index (Phi) is 6.62. The number of hydrogen-bond donors (Lipinski definition) is 1. The third-order valence-electron chi connectivity index (χ3n) is 2.93. The molecular formula is C17H17FN2O2S. The van der Waals surface area contributed by atoms with E-state index < -0.39 is 0 Å². The van der Waals surface area contributed by atoms with E-state index in [4.69, 9.17) is 4.74 Å². The molecule has 0 heterocycles. The van der Waals surface area contributed by atoms with Crippen LogP contribution in [0.15, 0.2) is 53.6 Å². The number of methoxy groups -OCH3 is 1. The van der Waals surface area contributed by atoms with Gasteiger partial charge in [-0.05, 0) is 35.4 Å². The number of carbonyl (C=O) groups is 1. The molecule has 0 bridgehead atoms. The molecule has 0 unspecified atom stereocenters. The Morgan fingerprint density at radius 1 is 1.22 bits per heavy atom. The highest BCUT2D eigenvalue weighted by molar-refractivity contribution is 7.99. The van der Waals surface area contributed by atoms with Gasteiger partial charge in [0.25, 0.3) is 0 Å². The fourth-order valence-electron chi connectivity index (χ4n) is 1.74. The van der Waals surface area contributed by atoms with Gasteiger partial charge in [-0.25, -0.2) is 9.82 Å². The van der Waals surface area contributed by atoms with E-state index in [0.717, 1.165) is 22.6 Å². The molecule has 120 valence electrons. The largest absolute Gasteiger partial charge is 0.497 e. The zero-order chi connectivity index (χ0) is 16.5. The number of hydrogen-bond acceptors (Lipinski definition) is 4. The molecule has 0 aliphatic heterocycles. The van der Waals surface area contributed by atoms with Crippen LogP contribution >= 0.6 is 11.8 Å². The number of nitrogens with zero attached hydrogens (tertiary/aromatic N) is 1. The van der Waals surface area contributed by atoms with Crippen molar-refractivity contribution in [2.75, 3.05) is 12.9 Å². The van der Waals surface area contributed by atoms with Crippen molar-refractivity contribution < 1.29 is 13.9 Å².